The molecule has 0 aromatic heterocycles. The summed E-state index contributed by atoms with van der Waals surface area (Å²) in [6.07, 6.45) is 3.99. The van der Waals surface area contributed by atoms with Crippen molar-refractivity contribution in [2.24, 2.45) is 5.92 Å². The molecule has 2 heteroatoms. The highest BCUT2D eigenvalue weighted by Gasteiger charge is 2.34. The van der Waals surface area contributed by atoms with Crippen molar-refractivity contribution in [3.05, 3.63) is 12.2 Å². The van der Waals surface area contributed by atoms with Crippen LogP contribution < -0.4 is 5.32 Å². The maximum absolute atomic E-state index is 3.98. The van der Waals surface area contributed by atoms with Crippen LogP contribution in [-0.2, 0) is 0 Å². The van der Waals surface area contributed by atoms with Crippen molar-refractivity contribution in [3.63, 3.8) is 0 Å². The van der Waals surface area contributed by atoms with Crippen molar-refractivity contribution in [2.75, 3.05) is 26.2 Å². The lowest BCUT2D eigenvalue weighted by molar-refractivity contribution is 0.127. The zero-order chi connectivity index (χ0) is 9.97. The quantitative estimate of drug-likeness (QED) is 0.687. The van der Waals surface area contributed by atoms with Gasteiger partial charge in [0.05, 0.1) is 0 Å². The summed E-state index contributed by atoms with van der Waals surface area (Å²) in [5, 5.41) is 3.52. The number of nitrogens with zero attached hydrogens (tertiary/aromatic N) is 1. The Morgan fingerprint density at radius 2 is 2.36 bits per heavy atom. The first-order valence-corrected chi connectivity index (χ1v) is 5.86. The predicted molar refractivity (Wildman–Crippen MR) is 60.4 cm³/mol. The van der Waals surface area contributed by atoms with Gasteiger partial charge < -0.3 is 5.32 Å². The Morgan fingerprint density at radius 1 is 1.50 bits per heavy atom. The minimum absolute atomic E-state index is 0.822. The van der Waals surface area contributed by atoms with Gasteiger partial charge in [0.25, 0.3) is 0 Å². The summed E-state index contributed by atoms with van der Waals surface area (Å²) in [7, 11) is 0. The van der Waals surface area contributed by atoms with Crippen molar-refractivity contribution in [1.82, 2.24) is 10.2 Å². The van der Waals surface area contributed by atoms with Gasteiger partial charge in [-0.1, -0.05) is 5.57 Å². The van der Waals surface area contributed by atoms with E-state index in [2.05, 4.69) is 23.7 Å². The van der Waals surface area contributed by atoms with E-state index in [1.807, 2.05) is 0 Å². The van der Waals surface area contributed by atoms with Crippen LogP contribution in [0.15, 0.2) is 12.2 Å². The van der Waals surface area contributed by atoms with Crippen LogP contribution in [0.2, 0.25) is 0 Å². The lowest BCUT2D eigenvalue weighted by atomic mass is 9.92. The van der Waals surface area contributed by atoms with Crippen molar-refractivity contribution in [3.8, 4) is 0 Å². The van der Waals surface area contributed by atoms with Gasteiger partial charge in [-0.2, -0.15) is 0 Å². The summed E-state index contributed by atoms with van der Waals surface area (Å²) in [4.78, 5) is 2.67. The molecule has 0 aliphatic carbocycles. The Bertz CT molecular complexity index is 212. The van der Waals surface area contributed by atoms with Crippen LogP contribution in [0, 0.1) is 5.92 Å². The Kier molecular flexibility index (Phi) is 3.24. The third-order valence-corrected chi connectivity index (χ3v) is 3.62. The monoisotopic (exact) mass is 194 g/mol. The van der Waals surface area contributed by atoms with Crippen LogP contribution in [0.5, 0.6) is 0 Å². The average molecular weight is 194 g/mol. The molecule has 1 N–H and O–H groups in total. The fourth-order valence-electron chi connectivity index (χ4n) is 2.78. The second-order valence-electron chi connectivity index (χ2n) is 4.87. The fourth-order valence-corrected chi connectivity index (χ4v) is 2.78. The molecule has 2 aliphatic heterocycles. The Morgan fingerprint density at radius 3 is 3.14 bits per heavy atom. The smallest absolute Gasteiger partial charge is 0.0261 e. The first kappa shape index (κ1) is 10.2. The molecule has 2 nitrogen and oxygen atoms in total. The minimum Gasteiger partial charge on any atom is -0.315 e. The van der Waals surface area contributed by atoms with E-state index in [1.54, 1.807) is 0 Å². The Labute approximate surface area is 87.4 Å². The van der Waals surface area contributed by atoms with Crippen LogP contribution in [0.4, 0.5) is 0 Å². The average Bonchev–Trinajstić information content (AvgIpc) is 2.62. The van der Waals surface area contributed by atoms with Crippen LogP contribution in [-0.4, -0.2) is 37.1 Å². The molecule has 0 amide bonds. The molecule has 2 unspecified atom stereocenters. The van der Waals surface area contributed by atoms with Gasteiger partial charge in [0.1, 0.15) is 0 Å². The summed E-state index contributed by atoms with van der Waals surface area (Å²) < 4.78 is 0. The van der Waals surface area contributed by atoms with Gasteiger partial charge in [-0.05, 0) is 45.2 Å². The molecule has 14 heavy (non-hydrogen) atoms. The summed E-state index contributed by atoms with van der Waals surface area (Å²) in [6, 6.07) is 0.822. The molecule has 80 valence electrons. The van der Waals surface area contributed by atoms with Crippen molar-refractivity contribution in [2.45, 2.75) is 32.2 Å². The van der Waals surface area contributed by atoms with Crippen molar-refractivity contribution >= 4 is 0 Å². The Hall–Kier alpha value is -0.340. The molecule has 0 radical (unpaired) electrons. The van der Waals surface area contributed by atoms with E-state index in [4.69, 9.17) is 0 Å². The number of piperidine rings is 1. The maximum Gasteiger partial charge on any atom is 0.0261 e. The van der Waals surface area contributed by atoms with Gasteiger partial charge >= 0.3 is 0 Å². The van der Waals surface area contributed by atoms with Crippen LogP contribution in [0.25, 0.3) is 0 Å². The SMILES string of the molecule is C=C(C)CCN1CCCC2CNCC21. The molecular formula is C12H22N2. The third-order valence-electron chi connectivity index (χ3n) is 3.62. The van der Waals surface area contributed by atoms with Crippen molar-refractivity contribution in [1.29, 1.82) is 0 Å². The highest BCUT2D eigenvalue weighted by molar-refractivity contribution is 4.95. The van der Waals surface area contributed by atoms with Gasteiger partial charge in [0.2, 0.25) is 0 Å². The summed E-state index contributed by atoms with van der Waals surface area (Å²) in [5.74, 6) is 0.925. The molecule has 0 spiro atoms. The number of likely N-dealkylation sites (tertiary alicyclic amines) is 1. The van der Waals surface area contributed by atoms with E-state index in [9.17, 15) is 0 Å². The molecule has 2 saturated heterocycles. The molecule has 2 aliphatic rings. The van der Waals surface area contributed by atoms with E-state index in [1.165, 1.54) is 51.0 Å². The maximum atomic E-state index is 3.98. The first-order valence-electron chi connectivity index (χ1n) is 5.86. The Balaban J connectivity index is 1.87. The van der Waals surface area contributed by atoms with E-state index < -0.39 is 0 Å². The van der Waals surface area contributed by atoms with Crippen LogP contribution >= 0.6 is 0 Å². The van der Waals surface area contributed by atoms with Crippen LogP contribution in [0.3, 0.4) is 0 Å². The predicted octanol–water partition coefficient (Wildman–Crippen LogP) is 1.64. The van der Waals surface area contributed by atoms with E-state index in [-0.39, 0.29) is 0 Å². The van der Waals surface area contributed by atoms with Gasteiger partial charge in [-0.15, -0.1) is 6.58 Å². The molecule has 2 rings (SSSR count). The zero-order valence-electron chi connectivity index (χ0n) is 9.26. The lowest BCUT2D eigenvalue weighted by Gasteiger charge is -2.37. The molecule has 0 aromatic carbocycles. The molecule has 2 fully saturated rings. The number of hydrogen-bond acceptors (Lipinski definition) is 2. The van der Waals surface area contributed by atoms with Crippen LogP contribution in [0.1, 0.15) is 26.2 Å². The molecule has 2 heterocycles. The van der Waals surface area contributed by atoms with E-state index >= 15 is 0 Å². The fraction of sp³-hybridized carbons (Fsp3) is 0.833. The third kappa shape index (κ3) is 2.18. The van der Waals surface area contributed by atoms with Gasteiger partial charge in [0.15, 0.2) is 0 Å². The molecule has 2 atom stereocenters. The summed E-state index contributed by atoms with van der Waals surface area (Å²) >= 11 is 0. The standard InChI is InChI=1S/C12H22N2/c1-10(2)5-7-14-6-3-4-11-8-13-9-12(11)14/h11-13H,1,3-9H2,2H3. The lowest BCUT2D eigenvalue weighted by Crippen LogP contribution is -2.45. The van der Waals surface area contributed by atoms with Gasteiger partial charge in [0, 0.05) is 19.1 Å². The number of nitrogens with one attached hydrogen (secondary N) is 1. The minimum atomic E-state index is 0.822. The first-order chi connectivity index (χ1) is 6.77. The zero-order valence-corrected chi connectivity index (χ0v) is 9.26. The number of hydrogen-bond donors (Lipinski definition) is 1. The largest absolute Gasteiger partial charge is 0.315 e. The number of fused-ring (bicyclic) bond motifs is 1. The summed E-state index contributed by atoms with van der Waals surface area (Å²) in [6.45, 7) is 11.1. The molecule has 0 saturated carbocycles. The van der Waals surface area contributed by atoms with Crippen molar-refractivity contribution < 1.29 is 0 Å². The second kappa shape index (κ2) is 4.45. The molecule has 0 bridgehead atoms. The van der Waals surface area contributed by atoms with Gasteiger partial charge in [-0.25, -0.2) is 0 Å². The highest BCUT2D eigenvalue weighted by atomic mass is 15.2. The topological polar surface area (TPSA) is 15.3 Å². The van der Waals surface area contributed by atoms with E-state index in [0.717, 1.165) is 12.0 Å². The second-order valence-corrected chi connectivity index (χ2v) is 4.87. The number of rotatable bonds is 3. The van der Waals surface area contributed by atoms with E-state index in [0.29, 0.717) is 0 Å². The van der Waals surface area contributed by atoms with Gasteiger partial charge in [-0.3, -0.25) is 4.90 Å². The normalized spacial score (nSPS) is 32.9. The highest BCUT2D eigenvalue weighted by Crippen LogP contribution is 2.26. The summed E-state index contributed by atoms with van der Waals surface area (Å²) in [5.41, 5.74) is 1.32. The molecule has 0 aromatic rings. The molecular weight excluding hydrogens is 172 g/mol.